The molecule has 0 bridgehead atoms. The Labute approximate surface area is 111 Å². The summed E-state index contributed by atoms with van der Waals surface area (Å²) in [6.45, 7) is 2.63. The molecule has 0 heterocycles. The van der Waals surface area contributed by atoms with E-state index in [1.807, 2.05) is 13.8 Å². The number of nitrogens with one attached hydrogen (secondary N) is 1. The van der Waals surface area contributed by atoms with E-state index < -0.39 is 24.2 Å². The van der Waals surface area contributed by atoms with Crippen molar-refractivity contribution in [1.82, 2.24) is 10.2 Å². The minimum Gasteiger partial charge on any atom is -0.368 e. The third kappa shape index (κ3) is 4.65. The van der Waals surface area contributed by atoms with Crippen LogP contribution in [-0.4, -0.2) is 48.7 Å². The van der Waals surface area contributed by atoms with Crippen molar-refractivity contribution in [2.24, 2.45) is 11.7 Å². The van der Waals surface area contributed by atoms with Crippen molar-refractivity contribution in [3.8, 4) is 0 Å². The summed E-state index contributed by atoms with van der Waals surface area (Å²) in [5, 5.41) is 3.09. The lowest BCUT2D eigenvalue weighted by Crippen LogP contribution is -2.64. The number of carbonyl (C=O) groups is 1. The van der Waals surface area contributed by atoms with Crippen LogP contribution in [0.5, 0.6) is 0 Å². The smallest absolute Gasteiger partial charge is 0.368 e. The van der Waals surface area contributed by atoms with Gasteiger partial charge >= 0.3 is 6.18 Å². The van der Waals surface area contributed by atoms with Gasteiger partial charge in [0.15, 0.2) is 0 Å². The van der Waals surface area contributed by atoms with Crippen molar-refractivity contribution in [2.45, 2.75) is 44.4 Å². The molecule has 0 radical (unpaired) electrons. The van der Waals surface area contributed by atoms with Crippen LogP contribution in [0.15, 0.2) is 0 Å². The fourth-order valence-electron chi connectivity index (χ4n) is 2.52. The zero-order valence-electron chi connectivity index (χ0n) is 11.5. The molecule has 1 amide bonds. The summed E-state index contributed by atoms with van der Waals surface area (Å²) in [4.78, 5) is 12.9. The van der Waals surface area contributed by atoms with Crippen LogP contribution in [0.25, 0.3) is 0 Å². The fraction of sp³-hybridized carbons (Fsp3) is 0.917. The molecule has 0 aromatic carbocycles. The van der Waals surface area contributed by atoms with Crippen LogP contribution in [0.4, 0.5) is 13.2 Å². The predicted molar refractivity (Wildman–Crippen MR) is 66.5 cm³/mol. The summed E-state index contributed by atoms with van der Waals surface area (Å²) in [6, 6.07) is -0.0209. The average Bonchev–Trinajstić information content (AvgIpc) is 2.94. The first-order chi connectivity index (χ1) is 8.57. The molecule has 0 saturated heterocycles. The number of halogens is 3. The van der Waals surface area contributed by atoms with Crippen molar-refractivity contribution < 1.29 is 18.0 Å². The molecular weight excluding hydrogens is 259 g/mol. The number of alkyl halides is 3. The van der Waals surface area contributed by atoms with Gasteiger partial charge in [0.2, 0.25) is 5.91 Å². The van der Waals surface area contributed by atoms with Gasteiger partial charge in [0.05, 0.1) is 6.54 Å². The SMILES string of the molecule is CC(C)NC(CN(C)CC(F)(F)F)(C(N)=O)C1CC1. The molecule has 0 spiro atoms. The Morgan fingerprint density at radius 2 is 1.89 bits per heavy atom. The molecule has 7 heteroatoms. The summed E-state index contributed by atoms with van der Waals surface area (Å²) in [7, 11) is 1.36. The molecule has 1 saturated carbocycles. The van der Waals surface area contributed by atoms with Crippen molar-refractivity contribution in [2.75, 3.05) is 20.1 Å². The Morgan fingerprint density at radius 3 is 2.21 bits per heavy atom. The lowest BCUT2D eigenvalue weighted by Gasteiger charge is -2.37. The fourth-order valence-corrected chi connectivity index (χ4v) is 2.52. The van der Waals surface area contributed by atoms with E-state index in [2.05, 4.69) is 5.32 Å². The summed E-state index contributed by atoms with van der Waals surface area (Å²) in [5.41, 5.74) is 4.40. The maximum absolute atomic E-state index is 12.4. The molecule has 1 aliphatic carbocycles. The number of primary amides is 1. The highest BCUT2D eigenvalue weighted by atomic mass is 19.4. The lowest BCUT2D eigenvalue weighted by molar-refractivity contribution is -0.148. The van der Waals surface area contributed by atoms with Gasteiger partial charge in [-0.1, -0.05) is 0 Å². The van der Waals surface area contributed by atoms with Gasteiger partial charge in [0.1, 0.15) is 5.54 Å². The first kappa shape index (κ1) is 16.2. The molecular formula is C12H22F3N3O. The highest BCUT2D eigenvalue weighted by molar-refractivity contribution is 5.86. The van der Waals surface area contributed by atoms with Crippen molar-refractivity contribution in [3.63, 3.8) is 0 Å². The second-order valence-electron chi connectivity index (χ2n) is 5.70. The number of carbonyl (C=O) groups excluding carboxylic acids is 1. The third-order valence-corrected chi connectivity index (χ3v) is 3.23. The molecule has 112 valence electrons. The van der Waals surface area contributed by atoms with Crippen LogP contribution in [0.3, 0.4) is 0 Å². The summed E-state index contributed by atoms with van der Waals surface area (Å²) in [6.07, 6.45) is -2.63. The van der Waals surface area contributed by atoms with Gasteiger partial charge in [0.25, 0.3) is 0 Å². The molecule has 1 rings (SSSR count). The van der Waals surface area contributed by atoms with E-state index in [1.54, 1.807) is 0 Å². The maximum Gasteiger partial charge on any atom is 0.401 e. The molecule has 1 unspecified atom stereocenters. The minimum absolute atomic E-state index is 0.0209. The van der Waals surface area contributed by atoms with E-state index in [0.29, 0.717) is 0 Å². The molecule has 1 atom stereocenters. The molecule has 1 fully saturated rings. The molecule has 0 aromatic heterocycles. The number of nitrogens with two attached hydrogens (primary N) is 1. The summed E-state index contributed by atoms with van der Waals surface area (Å²) in [5.74, 6) is -0.541. The number of rotatable bonds is 7. The van der Waals surface area contributed by atoms with Gasteiger partial charge in [-0.15, -0.1) is 0 Å². The van der Waals surface area contributed by atoms with Crippen LogP contribution in [-0.2, 0) is 4.79 Å². The molecule has 0 aromatic rings. The summed E-state index contributed by atoms with van der Waals surface area (Å²) >= 11 is 0. The van der Waals surface area contributed by atoms with Gasteiger partial charge in [-0.05, 0) is 39.7 Å². The Kier molecular flexibility index (Phi) is 4.84. The first-order valence-electron chi connectivity index (χ1n) is 6.40. The Morgan fingerprint density at radius 1 is 1.37 bits per heavy atom. The van der Waals surface area contributed by atoms with E-state index in [-0.39, 0.29) is 18.5 Å². The normalized spacial score (nSPS) is 19.8. The van der Waals surface area contributed by atoms with E-state index in [9.17, 15) is 18.0 Å². The Balaban J connectivity index is 2.81. The largest absolute Gasteiger partial charge is 0.401 e. The maximum atomic E-state index is 12.4. The van der Waals surface area contributed by atoms with Crippen molar-refractivity contribution >= 4 is 5.91 Å². The third-order valence-electron chi connectivity index (χ3n) is 3.23. The topological polar surface area (TPSA) is 58.4 Å². The number of nitrogens with zero attached hydrogens (tertiary/aromatic N) is 1. The molecule has 1 aliphatic rings. The van der Waals surface area contributed by atoms with Crippen LogP contribution in [0, 0.1) is 5.92 Å². The van der Waals surface area contributed by atoms with E-state index >= 15 is 0 Å². The zero-order chi connectivity index (χ0) is 14.8. The standard InChI is InChI=1S/C12H22F3N3O/c1-8(2)17-11(10(16)19,9-4-5-9)6-18(3)7-12(13,14)15/h8-9,17H,4-7H2,1-3H3,(H2,16,19). The van der Waals surface area contributed by atoms with Crippen LogP contribution < -0.4 is 11.1 Å². The van der Waals surface area contributed by atoms with E-state index in [4.69, 9.17) is 5.73 Å². The zero-order valence-corrected chi connectivity index (χ0v) is 11.5. The minimum atomic E-state index is -4.28. The number of likely N-dealkylation sites (N-methyl/N-ethyl adjacent to an activating group) is 1. The van der Waals surface area contributed by atoms with Crippen LogP contribution >= 0.6 is 0 Å². The van der Waals surface area contributed by atoms with Gasteiger partial charge in [0, 0.05) is 12.6 Å². The lowest BCUT2D eigenvalue weighted by atomic mass is 9.90. The first-order valence-corrected chi connectivity index (χ1v) is 6.40. The van der Waals surface area contributed by atoms with Gasteiger partial charge < -0.3 is 5.73 Å². The van der Waals surface area contributed by atoms with E-state index in [0.717, 1.165) is 17.7 Å². The second kappa shape index (κ2) is 5.66. The molecule has 19 heavy (non-hydrogen) atoms. The summed E-state index contributed by atoms with van der Waals surface area (Å²) < 4.78 is 37.2. The van der Waals surface area contributed by atoms with Crippen molar-refractivity contribution in [1.29, 1.82) is 0 Å². The monoisotopic (exact) mass is 281 g/mol. The van der Waals surface area contributed by atoms with Crippen LogP contribution in [0.2, 0.25) is 0 Å². The molecule has 3 N–H and O–H groups in total. The number of hydrogen-bond donors (Lipinski definition) is 2. The predicted octanol–water partition coefficient (Wildman–Crippen LogP) is 1.11. The quantitative estimate of drug-likeness (QED) is 0.735. The Hall–Kier alpha value is -0.820. The average molecular weight is 281 g/mol. The van der Waals surface area contributed by atoms with Crippen molar-refractivity contribution in [3.05, 3.63) is 0 Å². The number of hydrogen-bond acceptors (Lipinski definition) is 3. The molecule has 0 aliphatic heterocycles. The van der Waals surface area contributed by atoms with Gasteiger partial charge in [-0.25, -0.2) is 0 Å². The van der Waals surface area contributed by atoms with Crippen LogP contribution in [0.1, 0.15) is 26.7 Å². The van der Waals surface area contributed by atoms with Gasteiger partial charge in [-0.3, -0.25) is 15.0 Å². The van der Waals surface area contributed by atoms with E-state index in [1.165, 1.54) is 7.05 Å². The second-order valence-corrected chi connectivity index (χ2v) is 5.70. The number of amides is 1. The van der Waals surface area contributed by atoms with Gasteiger partial charge in [-0.2, -0.15) is 13.2 Å². The highest BCUT2D eigenvalue weighted by Gasteiger charge is 2.51. The highest BCUT2D eigenvalue weighted by Crippen LogP contribution is 2.40. The Bertz CT molecular complexity index is 329. The molecule has 4 nitrogen and oxygen atoms in total.